The van der Waals surface area contributed by atoms with Gasteiger partial charge in [0.2, 0.25) is 0 Å². The van der Waals surface area contributed by atoms with E-state index in [9.17, 15) is 19.5 Å². The predicted molar refractivity (Wildman–Crippen MR) is 133 cm³/mol. The lowest BCUT2D eigenvalue weighted by molar-refractivity contribution is -0.123. The van der Waals surface area contributed by atoms with Crippen LogP contribution in [0.15, 0.2) is 83.8 Å². The number of thiocarbonyl (C=S) groups is 1. The molecule has 0 atom stereocenters. The van der Waals surface area contributed by atoms with Crippen molar-refractivity contribution in [2.45, 2.75) is 6.61 Å². The number of hydrogen-bond acceptors (Lipinski definition) is 6. The highest BCUT2D eigenvalue weighted by Crippen LogP contribution is 2.32. The van der Waals surface area contributed by atoms with Gasteiger partial charge in [-0.3, -0.25) is 15.0 Å². The van der Waals surface area contributed by atoms with Crippen molar-refractivity contribution in [1.82, 2.24) is 10.4 Å². The van der Waals surface area contributed by atoms with E-state index in [0.717, 1.165) is 22.3 Å². The van der Waals surface area contributed by atoms with Crippen molar-refractivity contribution in [3.05, 3.63) is 106 Å². The third-order valence-corrected chi connectivity index (χ3v) is 6.15. The van der Waals surface area contributed by atoms with Gasteiger partial charge in [0.25, 0.3) is 11.8 Å². The number of hydrogen-bond donors (Lipinski definition) is 2. The molecule has 7 nitrogen and oxygen atoms in total. The zero-order valence-electron chi connectivity index (χ0n) is 17.6. The summed E-state index contributed by atoms with van der Waals surface area (Å²) in [6.45, 7) is 0.403. The normalized spacial score (nSPS) is 14.4. The zero-order chi connectivity index (χ0) is 24.1. The van der Waals surface area contributed by atoms with Crippen molar-refractivity contribution in [2.75, 3.05) is 0 Å². The summed E-state index contributed by atoms with van der Waals surface area (Å²) < 4.78 is 5.86. The number of aromatic carboxylic acids is 1. The molecule has 1 aliphatic heterocycles. The van der Waals surface area contributed by atoms with Gasteiger partial charge in [0.05, 0.1) is 10.5 Å². The quantitative estimate of drug-likeness (QED) is 0.372. The van der Waals surface area contributed by atoms with Crippen molar-refractivity contribution < 1.29 is 24.2 Å². The molecule has 34 heavy (non-hydrogen) atoms. The average molecular weight is 491 g/mol. The van der Waals surface area contributed by atoms with Gasteiger partial charge in [-0.1, -0.05) is 60.3 Å². The summed E-state index contributed by atoms with van der Waals surface area (Å²) in [6, 6.07) is 22.5. The molecule has 2 amide bonds. The Labute approximate surface area is 205 Å². The van der Waals surface area contributed by atoms with Crippen molar-refractivity contribution in [3.8, 4) is 5.75 Å². The summed E-state index contributed by atoms with van der Waals surface area (Å²) in [7, 11) is 0. The minimum atomic E-state index is -1.10. The van der Waals surface area contributed by atoms with E-state index in [-0.39, 0.29) is 14.8 Å². The number of rotatable bonds is 7. The third-order valence-electron chi connectivity index (χ3n) is 4.85. The number of carboxylic acid groups (broad SMARTS) is 1. The Bertz CT molecular complexity index is 1290. The molecule has 2 N–H and O–H groups in total. The van der Waals surface area contributed by atoms with Crippen LogP contribution in [0.5, 0.6) is 5.75 Å². The summed E-state index contributed by atoms with van der Waals surface area (Å²) in [6.07, 6.45) is 1.45. The first-order chi connectivity index (χ1) is 16.4. The zero-order valence-corrected chi connectivity index (χ0v) is 19.3. The fraction of sp³-hybridized carbons (Fsp3) is 0.0400. The highest BCUT2D eigenvalue weighted by atomic mass is 32.2. The maximum atomic E-state index is 12.8. The van der Waals surface area contributed by atoms with Crippen LogP contribution in [0.4, 0.5) is 0 Å². The maximum absolute atomic E-state index is 12.8. The molecule has 9 heteroatoms. The van der Waals surface area contributed by atoms with Crippen LogP contribution in [0.2, 0.25) is 0 Å². The van der Waals surface area contributed by atoms with Crippen LogP contribution in [0.1, 0.15) is 31.8 Å². The first-order valence-corrected chi connectivity index (χ1v) is 11.3. The fourth-order valence-corrected chi connectivity index (χ4v) is 4.30. The molecular weight excluding hydrogens is 472 g/mol. The number of benzene rings is 3. The number of hydrazine groups is 1. The highest BCUT2D eigenvalue weighted by molar-refractivity contribution is 8.26. The van der Waals surface area contributed by atoms with Gasteiger partial charge in [-0.15, -0.1) is 0 Å². The Morgan fingerprint density at radius 1 is 1.00 bits per heavy atom. The summed E-state index contributed by atoms with van der Waals surface area (Å²) in [5.41, 5.74) is 4.29. The number of nitrogens with zero attached hydrogens (tertiary/aromatic N) is 1. The van der Waals surface area contributed by atoms with E-state index in [2.05, 4.69) is 5.43 Å². The maximum Gasteiger partial charge on any atom is 0.336 e. The minimum absolute atomic E-state index is 0.0615. The lowest BCUT2D eigenvalue weighted by atomic mass is 10.1. The first kappa shape index (κ1) is 23.2. The number of ether oxygens (including phenoxy) is 1. The van der Waals surface area contributed by atoms with Crippen LogP contribution in [-0.4, -0.2) is 32.2 Å². The lowest BCUT2D eigenvalue weighted by Gasteiger charge is -2.16. The smallest absolute Gasteiger partial charge is 0.336 e. The number of carbonyl (C=O) groups excluding carboxylic acids is 2. The van der Waals surface area contributed by atoms with Crippen molar-refractivity contribution in [3.63, 3.8) is 0 Å². The van der Waals surface area contributed by atoms with E-state index in [1.807, 2.05) is 30.3 Å². The van der Waals surface area contributed by atoms with Crippen LogP contribution in [-0.2, 0) is 11.4 Å². The van der Waals surface area contributed by atoms with Crippen LogP contribution >= 0.6 is 24.0 Å². The second-order valence-corrected chi connectivity index (χ2v) is 8.82. The lowest BCUT2D eigenvalue weighted by Crippen LogP contribution is -2.44. The molecule has 3 aromatic carbocycles. The Morgan fingerprint density at radius 3 is 2.38 bits per heavy atom. The second kappa shape index (κ2) is 10.3. The largest absolute Gasteiger partial charge is 0.489 e. The standard InChI is InChI=1S/C25H18N2O5S2/c28-22(17-10-12-19(13-11-17)32-15-16-6-2-1-3-7-16)26-27-23(29)21(34-25(27)33)14-18-8-4-5-9-20(18)24(30)31/h1-14H,15H2,(H,26,28)(H,30,31)/b21-14+. The summed E-state index contributed by atoms with van der Waals surface area (Å²) in [5.74, 6) is -1.55. The Morgan fingerprint density at radius 2 is 1.68 bits per heavy atom. The van der Waals surface area contributed by atoms with Crippen LogP contribution in [0.25, 0.3) is 6.08 Å². The van der Waals surface area contributed by atoms with E-state index >= 15 is 0 Å². The Balaban J connectivity index is 1.41. The van der Waals surface area contributed by atoms with E-state index in [1.165, 1.54) is 12.1 Å². The summed E-state index contributed by atoms with van der Waals surface area (Å²) >= 11 is 6.22. The molecular formula is C25H18N2O5S2. The molecule has 0 saturated carbocycles. The summed E-state index contributed by atoms with van der Waals surface area (Å²) in [5, 5.41) is 10.3. The van der Waals surface area contributed by atoms with E-state index in [0.29, 0.717) is 23.5 Å². The fourth-order valence-electron chi connectivity index (χ4n) is 3.13. The average Bonchev–Trinajstić information content (AvgIpc) is 3.11. The number of carboxylic acids is 1. The molecule has 170 valence electrons. The topological polar surface area (TPSA) is 95.9 Å². The SMILES string of the molecule is O=C(NN1C(=O)/C(=C\c2ccccc2C(=O)O)SC1=S)c1ccc(OCc2ccccc2)cc1. The molecule has 0 aromatic heterocycles. The van der Waals surface area contributed by atoms with Gasteiger partial charge in [-0.05, 0) is 59.8 Å². The van der Waals surface area contributed by atoms with Gasteiger partial charge < -0.3 is 9.84 Å². The van der Waals surface area contributed by atoms with Crippen molar-refractivity contribution >= 4 is 52.2 Å². The van der Waals surface area contributed by atoms with E-state index in [1.54, 1.807) is 42.5 Å². The minimum Gasteiger partial charge on any atom is -0.489 e. The molecule has 1 saturated heterocycles. The monoisotopic (exact) mass is 490 g/mol. The molecule has 0 radical (unpaired) electrons. The molecule has 4 rings (SSSR count). The Kier molecular flexibility index (Phi) is 7.05. The van der Waals surface area contributed by atoms with Gasteiger partial charge in [-0.2, -0.15) is 5.01 Å². The van der Waals surface area contributed by atoms with Gasteiger partial charge in [-0.25, -0.2) is 4.79 Å². The van der Waals surface area contributed by atoms with Gasteiger partial charge in [0, 0.05) is 5.56 Å². The van der Waals surface area contributed by atoms with Gasteiger partial charge in [0.15, 0.2) is 4.32 Å². The molecule has 1 aliphatic rings. The molecule has 0 aliphatic carbocycles. The van der Waals surface area contributed by atoms with Crippen molar-refractivity contribution in [2.24, 2.45) is 0 Å². The highest BCUT2D eigenvalue weighted by Gasteiger charge is 2.34. The number of thioether (sulfide) groups is 1. The summed E-state index contributed by atoms with van der Waals surface area (Å²) in [4.78, 5) is 37.1. The Hall–Kier alpha value is -3.95. The molecule has 0 bridgehead atoms. The second-order valence-electron chi connectivity index (χ2n) is 7.15. The number of carbonyl (C=O) groups is 3. The molecule has 0 unspecified atom stereocenters. The molecule has 0 spiro atoms. The first-order valence-electron chi connectivity index (χ1n) is 10.1. The van der Waals surface area contributed by atoms with Crippen LogP contribution < -0.4 is 10.2 Å². The van der Waals surface area contributed by atoms with Crippen molar-refractivity contribution in [1.29, 1.82) is 0 Å². The van der Waals surface area contributed by atoms with E-state index in [4.69, 9.17) is 17.0 Å². The number of nitrogens with one attached hydrogen (secondary N) is 1. The van der Waals surface area contributed by atoms with E-state index < -0.39 is 17.8 Å². The van der Waals surface area contributed by atoms with Crippen LogP contribution in [0, 0.1) is 0 Å². The molecule has 3 aromatic rings. The van der Waals surface area contributed by atoms with Gasteiger partial charge >= 0.3 is 5.97 Å². The third kappa shape index (κ3) is 5.33. The molecule has 1 heterocycles. The predicted octanol–water partition coefficient (Wildman–Crippen LogP) is 4.51. The molecule has 1 fully saturated rings. The van der Waals surface area contributed by atoms with Crippen LogP contribution in [0.3, 0.4) is 0 Å². The number of amides is 2. The van der Waals surface area contributed by atoms with Gasteiger partial charge in [0.1, 0.15) is 12.4 Å².